The molecule has 2 aromatic carbocycles. The van der Waals surface area contributed by atoms with Crippen LogP contribution in [0.1, 0.15) is 24.0 Å². The second kappa shape index (κ2) is 8.86. The highest BCUT2D eigenvalue weighted by molar-refractivity contribution is 5.94. The first-order chi connectivity index (χ1) is 12.6. The van der Waals surface area contributed by atoms with Crippen LogP contribution in [-0.2, 0) is 11.2 Å². The topological polar surface area (TPSA) is 35.6 Å². The first kappa shape index (κ1) is 18.5. The summed E-state index contributed by atoms with van der Waals surface area (Å²) in [6.07, 6.45) is 2.35. The zero-order valence-corrected chi connectivity index (χ0v) is 15.9. The highest BCUT2D eigenvalue weighted by Crippen LogP contribution is 2.26. The SMILES string of the molecule is Cc1ccc(CCCC(=O)Nc2ccccc2N2CCN(C)CC2)cc1. The van der Waals surface area contributed by atoms with Gasteiger partial charge in [0.25, 0.3) is 0 Å². The van der Waals surface area contributed by atoms with Crippen LogP contribution in [-0.4, -0.2) is 44.0 Å². The fourth-order valence-electron chi connectivity index (χ4n) is 3.32. The van der Waals surface area contributed by atoms with Crippen LogP contribution in [0.15, 0.2) is 48.5 Å². The first-order valence-electron chi connectivity index (χ1n) is 9.50. The van der Waals surface area contributed by atoms with E-state index in [1.54, 1.807) is 0 Å². The van der Waals surface area contributed by atoms with Crippen LogP contribution < -0.4 is 10.2 Å². The molecule has 4 nitrogen and oxygen atoms in total. The molecule has 26 heavy (non-hydrogen) atoms. The van der Waals surface area contributed by atoms with Crippen LogP contribution in [0.4, 0.5) is 11.4 Å². The average molecular weight is 351 g/mol. The molecular weight excluding hydrogens is 322 g/mol. The van der Waals surface area contributed by atoms with Crippen molar-refractivity contribution in [3.8, 4) is 0 Å². The highest BCUT2D eigenvalue weighted by Gasteiger charge is 2.17. The number of hydrogen-bond donors (Lipinski definition) is 1. The molecule has 0 unspecified atom stereocenters. The van der Waals surface area contributed by atoms with E-state index < -0.39 is 0 Å². The van der Waals surface area contributed by atoms with Crippen LogP contribution in [0.3, 0.4) is 0 Å². The van der Waals surface area contributed by atoms with E-state index in [-0.39, 0.29) is 5.91 Å². The Morgan fingerprint density at radius 2 is 1.69 bits per heavy atom. The van der Waals surface area contributed by atoms with E-state index in [9.17, 15) is 4.79 Å². The van der Waals surface area contributed by atoms with Crippen LogP contribution in [0.2, 0.25) is 0 Å². The third-order valence-corrected chi connectivity index (χ3v) is 5.01. The molecule has 4 heteroatoms. The van der Waals surface area contributed by atoms with Crippen LogP contribution in [0.5, 0.6) is 0 Å². The lowest BCUT2D eigenvalue weighted by Crippen LogP contribution is -2.44. The number of carbonyl (C=O) groups is 1. The normalized spacial score (nSPS) is 15.1. The summed E-state index contributed by atoms with van der Waals surface area (Å²) in [5.74, 6) is 0.0960. The molecule has 0 aliphatic carbocycles. The van der Waals surface area contributed by atoms with Gasteiger partial charge in [-0.15, -0.1) is 0 Å². The van der Waals surface area contributed by atoms with Gasteiger partial charge < -0.3 is 15.1 Å². The number of amides is 1. The van der Waals surface area contributed by atoms with Gasteiger partial charge in [-0.25, -0.2) is 0 Å². The Kier molecular flexibility index (Phi) is 6.29. The second-order valence-electron chi connectivity index (χ2n) is 7.19. The molecule has 0 spiro atoms. The van der Waals surface area contributed by atoms with Crippen LogP contribution in [0.25, 0.3) is 0 Å². The van der Waals surface area contributed by atoms with Gasteiger partial charge in [0, 0.05) is 32.6 Å². The van der Waals surface area contributed by atoms with Crippen molar-refractivity contribution >= 4 is 17.3 Å². The molecule has 2 aromatic rings. The van der Waals surface area contributed by atoms with E-state index >= 15 is 0 Å². The molecule has 1 fully saturated rings. The van der Waals surface area contributed by atoms with Crippen molar-refractivity contribution in [1.29, 1.82) is 0 Å². The Labute approximate surface area is 156 Å². The summed E-state index contributed by atoms with van der Waals surface area (Å²) in [7, 11) is 2.15. The Morgan fingerprint density at radius 1 is 1.00 bits per heavy atom. The molecule has 0 bridgehead atoms. The van der Waals surface area contributed by atoms with E-state index in [1.807, 2.05) is 18.2 Å². The van der Waals surface area contributed by atoms with Crippen molar-refractivity contribution in [1.82, 2.24) is 4.90 Å². The molecule has 1 heterocycles. The van der Waals surface area contributed by atoms with E-state index in [0.29, 0.717) is 6.42 Å². The van der Waals surface area contributed by atoms with Gasteiger partial charge in [-0.2, -0.15) is 0 Å². The van der Waals surface area contributed by atoms with Crippen LogP contribution in [0, 0.1) is 6.92 Å². The smallest absolute Gasteiger partial charge is 0.224 e. The number of aryl methyl sites for hydroxylation is 2. The number of piperazine rings is 1. The van der Waals surface area contributed by atoms with E-state index in [2.05, 4.69) is 59.4 Å². The lowest BCUT2D eigenvalue weighted by Gasteiger charge is -2.35. The molecule has 0 atom stereocenters. The predicted octanol–water partition coefficient (Wildman–Crippen LogP) is 3.71. The minimum absolute atomic E-state index is 0.0960. The Balaban J connectivity index is 1.53. The summed E-state index contributed by atoms with van der Waals surface area (Å²) in [5.41, 5.74) is 4.62. The fourth-order valence-corrected chi connectivity index (χ4v) is 3.32. The van der Waals surface area contributed by atoms with Crippen LogP contribution >= 0.6 is 0 Å². The summed E-state index contributed by atoms with van der Waals surface area (Å²) in [6, 6.07) is 16.7. The Hall–Kier alpha value is -2.33. The first-order valence-corrected chi connectivity index (χ1v) is 9.50. The summed E-state index contributed by atoms with van der Waals surface area (Å²) < 4.78 is 0. The monoisotopic (exact) mass is 351 g/mol. The average Bonchev–Trinajstić information content (AvgIpc) is 2.65. The minimum atomic E-state index is 0.0960. The zero-order valence-electron chi connectivity index (χ0n) is 15.9. The third kappa shape index (κ3) is 5.09. The van der Waals surface area contributed by atoms with Gasteiger partial charge in [0.2, 0.25) is 5.91 Å². The van der Waals surface area contributed by atoms with Crippen molar-refractivity contribution in [3.63, 3.8) is 0 Å². The van der Waals surface area contributed by atoms with Crippen molar-refractivity contribution in [2.24, 2.45) is 0 Å². The minimum Gasteiger partial charge on any atom is -0.367 e. The molecule has 0 radical (unpaired) electrons. The summed E-state index contributed by atoms with van der Waals surface area (Å²) in [5, 5.41) is 3.12. The number of hydrogen-bond acceptors (Lipinski definition) is 3. The second-order valence-corrected chi connectivity index (χ2v) is 7.19. The molecule has 1 amide bonds. The van der Waals surface area contributed by atoms with Gasteiger partial charge in [-0.05, 0) is 44.5 Å². The van der Waals surface area contributed by atoms with E-state index in [4.69, 9.17) is 0 Å². The summed E-state index contributed by atoms with van der Waals surface area (Å²) in [4.78, 5) is 17.1. The van der Waals surface area contributed by atoms with Crippen molar-refractivity contribution in [2.75, 3.05) is 43.4 Å². The third-order valence-electron chi connectivity index (χ3n) is 5.01. The molecule has 0 aromatic heterocycles. The molecule has 1 aliphatic rings. The quantitative estimate of drug-likeness (QED) is 0.862. The number of rotatable bonds is 6. The maximum absolute atomic E-state index is 12.4. The number of likely N-dealkylation sites (N-methyl/N-ethyl adjacent to an activating group) is 1. The zero-order chi connectivity index (χ0) is 18.4. The molecular formula is C22H29N3O. The molecule has 1 N–H and O–H groups in total. The predicted molar refractivity (Wildman–Crippen MR) is 109 cm³/mol. The largest absolute Gasteiger partial charge is 0.367 e. The molecule has 138 valence electrons. The Bertz CT molecular complexity index is 718. The summed E-state index contributed by atoms with van der Waals surface area (Å²) in [6.45, 7) is 6.19. The summed E-state index contributed by atoms with van der Waals surface area (Å²) >= 11 is 0. The Morgan fingerprint density at radius 3 is 2.42 bits per heavy atom. The van der Waals surface area contributed by atoms with Gasteiger partial charge in [0.05, 0.1) is 11.4 Å². The van der Waals surface area contributed by atoms with E-state index in [1.165, 1.54) is 11.1 Å². The lowest BCUT2D eigenvalue weighted by atomic mass is 10.1. The molecule has 1 saturated heterocycles. The van der Waals surface area contributed by atoms with Crippen molar-refractivity contribution < 1.29 is 4.79 Å². The van der Waals surface area contributed by atoms with Gasteiger partial charge >= 0.3 is 0 Å². The number of anilines is 2. The van der Waals surface area contributed by atoms with E-state index in [0.717, 1.165) is 50.4 Å². The van der Waals surface area contributed by atoms with Gasteiger partial charge in [0.15, 0.2) is 0 Å². The number of nitrogens with one attached hydrogen (secondary N) is 1. The van der Waals surface area contributed by atoms with Crippen molar-refractivity contribution in [2.45, 2.75) is 26.2 Å². The van der Waals surface area contributed by atoms with Gasteiger partial charge in [0.1, 0.15) is 0 Å². The number of carbonyl (C=O) groups excluding carboxylic acids is 1. The number of benzene rings is 2. The fraction of sp³-hybridized carbons (Fsp3) is 0.409. The van der Waals surface area contributed by atoms with Gasteiger partial charge in [-0.1, -0.05) is 42.0 Å². The number of para-hydroxylation sites is 2. The van der Waals surface area contributed by atoms with Crippen molar-refractivity contribution in [3.05, 3.63) is 59.7 Å². The standard InChI is InChI=1S/C22H29N3O/c1-18-10-12-19(13-11-18)6-5-9-22(26)23-20-7-3-4-8-21(20)25-16-14-24(2)15-17-25/h3-4,7-8,10-13H,5-6,9,14-17H2,1-2H3,(H,23,26). The molecule has 3 rings (SSSR count). The highest BCUT2D eigenvalue weighted by atomic mass is 16.1. The number of nitrogens with zero attached hydrogens (tertiary/aromatic N) is 2. The molecule has 1 aliphatic heterocycles. The molecule has 0 saturated carbocycles. The van der Waals surface area contributed by atoms with Gasteiger partial charge in [-0.3, -0.25) is 4.79 Å². The maximum Gasteiger partial charge on any atom is 0.224 e. The maximum atomic E-state index is 12.4. The lowest BCUT2D eigenvalue weighted by molar-refractivity contribution is -0.116.